The van der Waals surface area contributed by atoms with Crippen LogP contribution in [0.15, 0.2) is 107 Å². The molecular formula is C27H20N4O3S2. The summed E-state index contributed by atoms with van der Waals surface area (Å²) in [6.45, 7) is 0. The molecule has 9 heteroatoms. The van der Waals surface area contributed by atoms with E-state index in [2.05, 4.69) is 15.2 Å². The van der Waals surface area contributed by atoms with Crippen LogP contribution in [0.25, 0.3) is 6.08 Å². The third-order valence-corrected chi connectivity index (χ3v) is 7.63. The van der Waals surface area contributed by atoms with Crippen LogP contribution in [0.1, 0.15) is 22.7 Å². The Bertz CT molecular complexity index is 1440. The molecule has 0 spiro atoms. The highest BCUT2D eigenvalue weighted by atomic mass is 32.2. The molecule has 4 aromatic rings. The Morgan fingerprint density at radius 1 is 1.03 bits per heavy atom. The van der Waals surface area contributed by atoms with Crippen molar-refractivity contribution in [1.29, 1.82) is 0 Å². The minimum absolute atomic E-state index is 0.0196. The fourth-order valence-electron chi connectivity index (χ4n) is 3.81. The Labute approximate surface area is 215 Å². The molecule has 2 aromatic heterocycles. The number of hydrogen-bond acceptors (Lipinski definition) is 8. The minimum Gasteiger partial charge on any atom is -0.503 e. The van der Waals surface area contributed by atoms with Gasteiger partial charge in [-0.05, 0) is 28.8 Å². The first kappa shape index (κ1) is 23.7. The third kappa shape index (κ3) is 4.98. The van der Waals surface area contributed by atoms with E-state index in [1.807, 2.05) is 60.7 Å². The third-order valence-electron chi connectivity index (χ3n) is 5.51. The van der Waals surface area contributed by atoms with Crippen LogP contribution in [0.5, 0.6) is 0 Å². The van der Waals surface area contributed by atoms with Crippen molar-refractivity contribution >= 4 is 46.0 Å². The Morgan fingerprint density at radius 2 is 1.78 bits per heavy atom. The summed E-state index contributed by atoms with van der Waals surface area (Å²) in [5, 5.41) is 19.6. The molecule has 1 aliphatic rings. The van der Waals surface area contributed by atoms with E-state index in [4.69, 9.17) is 0 Å². The molecule has 3 heterocycles. The molecule has 0 bridgehead atoms. The zero-order valence-corrected chi connectivity index (χ0v) is 20.5. The van der Waals surface area contributed by atoms with E-state index < -0.39 is 23.5 Å². The van der Waals surface area contributed by atoms with Crippen LogP contribution in [0.2, 0.25) is 0 Å². The Hall–Kier alpha value is -4.08. The fourth-order valence-corrected chi connectivity index (χ4v) is 5.63. The summed E-state index contributed by atoms with van der Waals surface area (Å²) < 4.78 is 0.676. The zero-order valence-electron chi connectivity index (χ0n) is 18.9. The maximum Gasteiger partial charge on any atom is 0.296 e. The van der Waals surface area contributed by atoms with Crippen molar-refractivity contribution in [2.45, 2.75) is 16.1 Å². The van der Waals surface area contributed by atoms with E-state index in [9.17, 15) is 14.7 Å². The van der Waals surface area contributed by atoms with Gasteiger partial charge in [0.05, 0.1) is 11.6 Å². The number of anilines is 1. The van der Waals surface area contributed by atoms with Gasteiger partial charge in [-0.15, -0.1) is 10.2 Å². The number of pyridine rings is 1. The molecule has 0 saturated carbocycles. The van der Waals surface area contributed by atoms with Crippen LogP contribution in [0, 0.1) is 0 Å². The molecule has 178 valence electrons. The summed E-state index contributed by atoms with van der Waals surface area (Å²) >= 11 is 2.74. The van der Waals surface area contributed by atoms with Gasteiger partial charge in [0.25, 0.3) is 5.91 Å². The maximum atomic E-state index is 13.3. The highest BCUT2D eigenvalue weighted by Crippen LogP contribution is 2.43. The number of carbonyl (C=O) groups excluding carboxylic acids is 2. The molecule has 7 nitrogen and oxygen atoms in total. The summed E-state index contributed by atoms with van der Waals surface area (Å²) in [7, 11) is 0. The van der Waals surface area contributed by atoms with Gasteiger partial charge in [0.2, 0.25) is 5.13 Å². The van der Waals surface area contributed by atoms with E-state index in [1.54, 1.807) is 30.6 Å². The van der Waals surface area contributed by atoms with E-state index in [0.29, 0.717) is 20.8 Å². The summed E-state index contributed by atoms with van der Waals surface area (Å²) in [5.41, 5.74) is 2.53. The number of nitrogens with zero attached hydrogens (tertiary/aromatic N) is 4. The first-order valence-corrected chi connectivity index (χ1v) is 12.9. The zero-order chi connectivity index (χ0) is 24.9. The van der Waals surface area contributed by atoms with E-state index >= 15 is 0 Å². The lowest BCUT2D eigenvalue weighted by Crippen LogP contribution is -2.30. The number of rotatable bonds is 8. The van der Waals surface area contributed by atoms with Crippen LogP contribution < -0.4 is 4.90 Å². The molecule has 0 fully saturated rings. The van der Waals surface area contributed by atoms with Gasteiger partial charge in [-0.1, -0.05) is 95.9 Å². The van der Waals surface area contributed by atoms with Crippen LogP contribution in [0.4, 0.5) is 5.13 Å². The molecule has 2 aromatic carbocycles. The van der Waals surface area contributed by atoms with Crippen LogP contribution in [0.3, 0.4) is 0 Å². The average Bonchev–Trinajstić information content (AvgIpc) is 3.50. The number of amides is 1. The van der Waals surface area contributed by atoms with Gasteiger partial charge in [0, 0.05) is 18.1 Å². The highest BCUT2D eigenvalue weighted by molar-refractivity contribution is 8.00. The maximum absolute atomic E-state index is 13.3. The van der Waals surface area contributed by atoms with Gasteiger partial charge in [0.15, 0.2) is 15.9 Å². The largest absolute Gasteiger partial charge is 0.503 e. The van der Waals surface area contributed by atoms with Crippen molar-refractivity contribution in [3.05, 3.63) is 119 Å². The van der Waals surface area contributed by atoms with Crippen molar-refractivity contribution in [2.75, 3.05) is 4.90 Å². The van der Waals surface area contributed by atoms with Crippen molar-refractivity contribution in [1.82, 2.24) is 15.2 Å². The molecule has 0 saturated heterocycles. The van der Waals surface area contributed by atoms with Gasteiger partial charge in [-0.3, -0.25) is 19.5 Å². The van der Waals surface area contributed by atoms with Crippen molar-refractivity contribution in [3.63, 3.8) is 0 Å². The van der Waals surface area contributed by atoms with Crippen LogP contribution >= 0.6 is 23.1 Å². The van der Waals surface area contributed by atoms with Gasteiger partial charge in [-0.2, -0.15) is 0 Å². The lowest BCUT2D eigenvalue weighted by atomic mass is 9.97. The number of hydrogen-bond donors (Lipinski definition) is 1. The van der Waals surface area contributed by atoms with E-state index in [0.717, 1.165) is 11.1 Å². The average molecular weight is 513 g/mol. The molecule has 1 unspecified atom stereocenters. The summed E-state index contributed by atoms with van der Waals surface area (Å²) in [4.78, 5) is 32.0. The van der Waals surface area contributed by atoms with Gasteiger partial charge in [-0.25, -0.2) is 0 Å². The molecule has 1 N–H and O–H groups in total. The normalized spacial score (nSPS) is 15.7. The van der Waals surface area contributed by atoms with E-state index in [1.165, 1.54) is 34.1 Å². The summed E-state index contributed by atoms with van der Waals surface area (Å²) in [5.74, 6) is -1.06. The number of benzene rings is 2. The summed E-state index contributed by atoms with van der Waals surface area (Å²) in [6.07, 6.45) is 6.19. The SMILES string of the molecule is O=C(C=Cc1ccccc1)C1=C(O)C(=O)N(c2nnc(SCc3ccccc3)s2)C1c1cccnc1. The lowest BCUT2D eigenvalue weighted by Gasteiger charge is -2.23. The number of aromatic nitrogens is 3. The van der Waals surface area contributed by atoms with Gasteiger partial charge < -0.3 is 5.11 Å². The Morgan fingerprint density at radius 3 is 2.50 bits per heavy atom. The van der Waals surface area contributed by atoms with Gasteiger partial charge in [0.1, 0.15) is 0 Å². The number of aliphatic hydroxyl groups excluding tert-OH is 1. The topological polar surface area (TPSA) is 96.3 Å². The second-order valence-electron chi connectivity index (χ2n) is 7.86. The first-order valence-electron chi connectivity index (χ1n) is 11.1. The number of thioether (sulfide) groups is 1. The number of aliphatic hydroxyl groups is 1. The number of ketones is 1. The van der Waals surface area contributed by atoms with Crippen molar-refractivity contribution in [2.24, 2.45) is 0 Å². The smallest absolute Gasteiger partial charge is 0.296 e. The molecular weight excluding hydrogens is 492 g/mol. The highest BCUT2D eigenvalue weighted by Gasteiger charge is 2.45. The molecule has 1 aliphatic heterocycles. The van der Waals surface area contributed by atoms with E-state index in [-0.39, 0.29) is 5.57 Å². The summed E-state index contributed by atoms with van der Waals surface area (Å²) in [6, 6.07) is 21.9. The Kier molecular flexibility index (Phi) is 7.01. The quantitative estimate of drug-likeness (QED) is 0.192. The molecule has 1 amide bonds. The molecule has 0 radical (unpaired) electrons. The number of carbonyl (C=O) groups is 2. The molecule has 1 atom stereocenters. The lowest BCUT2D eigenvalue weighted by molar-refractivity contribution is -0.117. The monoisotopic (exact) mass is 512 g/mol. The van der Waals surface area contributed by atoms with Gasteiger partial charge >= 0.3 is 0 Å². The molecule has 5 rings (SSSR count). The van der Waals surface area contributed by atoms with Crippen molar-refractivity contribution < 1.29 is 14.7 Å². The number of allylic oxidation sites excluding steroid dienone is 1. The predicted octanol–water partition coefficient (Wildman–Crippen LogP) is 5.41. The Balaban J connectivity index is 1.45. The predicted molar refractivity (Wildman–Crippen MR) is 141 cm³/mol. The second-order valence-corrected chi connectivity index (χ2v) is 10.0. The minimum atomic E-state index is -0.876. The molecule has 0 aliphatic carbocycles. The second kappa shape index (κ2) is 10.7. The molecule has 36 heavy (non-hydrogen) atoms. The fraction of sp³-hybridized carbons (Fsp3) is 0.0741. The van der Waals surface area contributed by atoms with Crippen LogP contribution in [-0.2, 0) is 15.3 Å². The van der Waals surface area contributed by atoms with Crippen LogP contribution in [-0.4, -0.2) is 32.0 Å². The standard InChI is InChI=1S/C27H20N4O3S2/c32-21(14-13-18-8-3-1-4-9-18)22-23(20-12-7-15-28-16-20)31(25(34)24(22)33)26-29-30-27(36-26)35-17-19-10-5-2-6-11-19/h1-16,23,33H,17H2. The first-order chi connectivity index (χ1) is 17.6. The van der Waals surface area contributed by atoms with Crippen molar-refractivity contribution in [3.8, 4) is 0 Å².